The number of carbonyl (C=O) groups is 1. The van der Waals surface area contributed by atoms with E-state index in [1.54, 1.807) is 0 Å². The maximum atomic E-state index is 11.3. The first-order valence-electron chi connectivity index (χ1n) is 5.08. The second kappa shape index (κ2) is 8.06. The van der Waals surface area contributed by atoms with Crippen LogP contribution in [0.25, 0.3) is 0 Å². The zero-order valence-electron chi connectivity index (χ0n) is 8.92. The van der Waals surface area contributed by atoms with Crippen molar-refractivity contribution < 1.29 is 9.90 Å². The molecule has 0 fully saturated rings. The summed E-state index contributed by atoms with van der Waals surface area (Å²) < 4.78 is 0. The fourth-order valence-corrected chi connectivity index (χ4v) is 1.35. The molecule has 1 atom stereocenters. The van der Waals surface area contributed by atoms with E-state index in [1.165, 1.54) is 0 Å². The van der Waals surface area contributed by atoms with Gasteiger partial charge >= 0.3 is 0 Å². The Balaban J connectivity index is 3.83. The van der Waals surface area contributed by atoms with Crippen LogP contribution in [0.1, 0.15) is 33.1 Å². The Hall–Kier alpha value is -0.280. The molecule has 0 bridgehead atoms. The van der Waals surface area contributed by atoms with Crippen molar-refractivity contribution >= 4 is 17.5 Å². The van der Waals surface area contributed by atoms with Crippen LogP contribution in [0.5, 0.6) is 0 Å². The van der Waals surface area contributed by atoms with Crippen molar-refractivity contribution in [2.75, 3.05) is 12.5 Å². The van der Waals surface area contributed by atoms with Crippen molar-refractivity contribution in [2.24, 2.45) is 5.92 Å². The average Bonchev–Trinajstić information content (AvgIpc) is 2.14. The molecule has 3 nitrogen and oxygen atoms in total. The van der Waals surface area contributed by atoms with Crippen LogP contribution < -0.4 is 5.32 Å². The molecule has 2 N–H and O–H groups in total. The maximum Gasteiger partial charge on any atom is 0.220 e. The predicted octanol–water partition coefficient (Wildman–Crippen LogP) is 1.53. The number of rotatable bonds is 7. The number of aliphatic hydroxyl groups is 1. The van der Waals surface area contributed by atoms with Gasteiger partial charge < -0.3 is 10.4 Å². The van der Waals surface area contributed by atoms with E-state index < -0.39 is 0 Å². The molecule has 84 valence electrons. The lowest BCUT2D eigenvalue weighted by Gasteiger charge is -2.21. The lowest BCUT2D eigenvalue weighted by molar-refractivity contribution is -0.122. The average molecular weight is 222 g/mol. The fraction of sp³-hybridized carbons (Fsp3) is 0.900. The van der Waals surface area contributed by atoms with Gasteiger partial charge in [0.25, 0.3) is 0 Å². The summed E-state index contributed by atoms with van der Waals surface area (Å²) in [6, 6.07) is 0.0721. The predicted molar refractivity (Wildman–Crippen MR) is 58.4 cm³/mol. The molecular weight excluding hydrogens is 202 g/mol. The summed E-state index contributed by atoms with van der Waals surface area (Å²) in [5.41, 5.74) is 0. The Kier molecular flexibility index (Phi) is 7.90. The van der Waals surface area contributed by atoms with Crippen molar-refractivity contribution in [2.45, 2.75) is 39.2 Å². The Morgan fingerprint density at radius 3 is 2.57 bits per heavy atom. The number of alkyl halides is 1. The van der Waals surface area contributed by atoms with E-state index in [1.807, 2.05) is 13.8 Å². The van der Waals surface area contributed by atoms with Crippen molar-refractivity contribution in [3.05, 3.63) is 0 Å². The molecule has 1 unspecified atom stereocenters. The largest absolute Gasteiger partial charge is 0.396 e. The topological polar surface area (TPSA) is 49.3 Å². The molecule has 0 aromatic rings. The van der Waals surface area contributed by atoms with Crippen molar-refractivity contribution in [1.82, 2.24) is 5.32 Å². The molecule has 0 aliphatic heterocycles. The second-order valence-electron chi connectivity index (χ2n) is 3.72. The molecule has 1 amide bonds. The van der Waals surface area contributed by atoms with Crippen LogP contribution in [0.4, 0.5) is 0 Å². The van der Waals surface area contributed by atoms with Gasteiger partial charge in [0.05, 0.1) is 0 Å². The first-order valence-corrected chi connectivity index (χ1v) is 5.61. The molecule has 0 rings (SSSR count). The van der Waals surface area contributed by atoms with Crippen LogP contribution in [0.3, 0.4) is 0 Å². The summed E-state index contributed by atoms with van der Waals surface area (Å²) in [4.78, 5) is 11.3. The second-order valence-corrected chi connectivity index (χ2v) is 4.10. The molecule has 0 aromatic carbocycles. The Morgan fingerprint density at radius 2 is 2.14 bits per heavy atom. The van der Waals surface area contributed by atoms with Gasteiger partial charge in [-0.15, -0.1) is 11.6 Å². The molecule has 14 heavy (non-hydrogen) atoms. The van der Waals surface area contributed by atoms with Gasteiger partial charge in [-0.2, -0.15) is 0 Å². The minimum Gasteiger partial charge on any atom is -0.396 e. The SMILES string of the molecule is CC(C)C(CCO)NC(=O)CCCCl. The smallest absolute Gasteiger partial charge is 0.220 e. The number of aliphatic hydroxyl groups excluding tert-OH is 1. The maximum absolute atomic E-state index is 11.3. The van der Waals surface area contributed by atoms with Crippen LogP contribution in [0.2, 0.25) is 0 Å². The number of hydrogen-bond donors (Lipinski definition) is 2. The number of hydrogen-bond acceptors (Lipinski definition) is 2. The summed E-state index contributed by atoms with van der Waals surface area (Å²) in [7, 11) is 0. The zero-order chi connectivity index (χ0) is 11.0. The van der Waals surface area contributed by atoms with E-state index in [0.717, 1.165) is 0 Å². The third-order valence-electron chi connectivity index (χ3n) is 2.13. The molecule has 0 spiro atoms. The van der Waals surface area contributed by atoms with Crippen LogP contribution in [0.15, 0.2) is 0 Å². The van der Waals surface area contributed by atoms with E-state index in [-0.39, 0.29) is 18.6 Å². The summed E-state index contributed by atoms with van der Waals surface area (Å²) in [6.45, 7) is 4.17. The molecular formula is C10H20ClNO2. The normalized spacial score (nSPS) is 12.9. The lowest BCUT2D eigenvalue weighted by Crippen LogP contribution is -2.39. The minimum absolute atomic E-state index is 0.0257. The Bertz CT molecular complexity index is 162. The van der Waals surface area contributed by atoms with Gasteiger partial charge in [0.2, 0.25) is 5.91 Å². The first-order chi connectivity index (χ1) is 6.61. The fourth-order valence-electron chi connectivity index (χ4n) is 1.22. The minimum atomic E-state index is 0.0257. The number of halogens is 1. The van der Waals surface area contributed by atoms with E-state index in [2.05, 4.69) is 5.32 Å². The van der Waals surface area contributed by atoms with Crippen molar-refractivity contribution in [3.8, 4) is 0 Å². The zero-order valence-corrected chi connectivity index (χ0v) is 9.68. The lowest BCUT2D eigenvalue weighted by atomic mass is 10.0. The van der Waals surface area contributed by atoms with E-state index in [4.69, 9.17) is 16.7 Å². The monoisotopic (exact) mass is 221 g/mol. The molecule has 0 aliphatic rings. The molecule has 0 radical (unpaired) electrons. The number of carbonyl (C=O) groups excluding carboxylic acids is 1. The van der Waals surface area contributed by atoms with Gasteiger partial charge in [-0.1, -0.05) is 13.8 Å². The summed E-state index contributed by atoms with van der Waals surface area (Å²) >= 11 is 5.49. The van der Waals surface area contributed by atoms with Gasteiger partial charge in [-0.05, 0) is 18.8 Å². The van der Waals surface area contributed by atoms with Gasteiger partial charge in [-0.25, -0.2) is 0 Å². The highest BCUT2D eigenvalue weighted by Gasteiger charge is 2.14. The van der Waals surface area contributed by atoms with Crippen molar-refractivity contribution in [1.29, 1.82) is 0 Å². The molecule has 0 aromatic heterocycles. The summed E-state index contributed by atoms with van der Waals surface area (Å²) in [6.07, 6.45) is 1.79. The van der Waals surface area contributed by atoms with Crippen LogP contribution in [-0.4, -0.2) is 29.5 Å². The van der Waals surface area contributed by atoms with Gasteiger partial charge in [0.1, 0.15) is 0 Å². The van der Waals surface area contributed by atoms with E-state index in [0.29, 0.717) is 31.1 Å². The molecule has 0 heterocycles. The highest BCUT2D eigenvalue weighted by molar-refractivity contribution is 6.17. The van der Waals surface area contributed by atoms with Crippen LogP contribution in [-0.2, 0) is 4.79 Å². The Labute approximate surface area is 90.8 Å². The quantitative estimate of drug-likeness (QED) is 0.641. The third kappa shape index (κ3) is 6.22. The molecule has 0 saturated carbocycles. The van der Waals surface area contributed by atoms with E-state index >= 15 is 0 Å². The van der Waals surface area contributed by atoms with Crippen LogP contribution >= 0.6 is 11.6 Å². The van der Waals surface area contributed by atoms with Crippen LogP contribution in [0, 0.1) is 5.92 Å². The standard InChI is InChI=1S/C10H20ClNO2/c1-8(2)9(5-7-13)12-10(14)4-3-6-11/h8-9,13H,3-7H2,1-2H3,(H,12,14). The first kappa shape index (κ1) is 13.7. The summed E-state index contributed by atoms with van der Waals surface area (Å²) in [5, 5.41) is 11.7. The highest BCUT2D eigenvalue weighted by Crippen LogP contribution is 2.06. The van der Waals surface area contributed by atoms with Gasteiger partial charge in [0, 0.05) is 24.9 Å². The third-order valence-corrected chi connectivity index (χ3v) is 2.40. The van der Waals surface area contributed by atoms with Gasteiger partial charge in [-0.3, -0.25) is 4.79 Å². The number of nitrogens with one attached hydrogen (secondary N) is 1. The number of amides is 1. The highest BCUT2D eigenvalue weighted by atomic mass is 35.5. The molecule has 4 heteroatoms. The molecule has 0 aliphatic carbocycles. The van der Waals surface area contributed by atoms with E-state index in [9.17, 15) is 4.79 Å². The Morgan fingerprint density at radius 1 is 1.50 bits per heavy atom. The van der Waals surface area contributed by atoms with Crippen molar-refractivity contribution in [3.63, 3.8) is 0 Å². The summed E-state index contributed by atoms with van der Waals surface area (Å²) in [5.74, 6) is 0.889. The van der Waals surface area contributed by atoms with Gasteiger partial charge in [0.15, 0.2) is 0 Å². The molecule has 0 saturated heterocycles.